The minimum atomic E-state index is -2.92. The molecule has 100 valence electrons. The molecular weight excluding hydrogens is 238 g/mol. The van der Waals surface area contributed by atoms with Gasteiger partial charge in [0.15, 0.2) is 9.84 Å². The summed E-state index contributed by atoms with van der Waals surface area (Å²) in [4.78, 5) is 2.33. The Morgan fingerprint density at radius 1 is 1.47 bits per heavy atom. The van der Waals surface area contributed by atoms with E-state index in [1.165, 1.54) is 6.26 Å². The third-order valence-corrected chi connectivity index (χ3v) is 5.59. The molecule has 2 heterocycles. The smallest absolute Gasteiger partial charge is 0.151 e. The average molecular weight is 261 g/mol. The van der Waals surface area contributed by atoms with Crippen LogP contribution in [0.3, 0.4) is 0 Å². The fourth-order valence-electron chi connectivity index (χ4n) is 3.08. The molecule has 2 rings (SSSR count). The maximum absolute atomic E-state index is 11.7. The molecule has 2 saturated heterocycles. The molecule has 0 N–H and O–H groups in total. The molecular formula is C12H23NO3S. The van der Waals surface area contributed by atoms with Crippen LogP contribution in [0, 0.1) is 0 Å². The normalized spacial score (nSPS) is 34.5. The van der Waals surface area contributed by atoms with Crippen LogP contribution >= 0.6 is 0 Å². The fraction of sp³-hybridized carbons (Fsp3) is 1.00. The van der Waals surface area contributed by atoms with Gasteiger partial charge in [-0.2, -0.15) is 0 Å². The second kappa shape index (κ2) is 4.52. The molecule has 17 heavy (non-hydrogen) atoms. The highest BCUT2D eigenvalue weighted by Gasteiger charge is 2.51. The lowest BCUT2D eigenvalue weighted by Crippen LogP contribution is -2.43. The van der Waals surface area contributed by atoms with Gasteiger partial charge >= 0.3 is 0 Å². The number of fused-ring (bicyclic) bond motifs is 1. The van der Waals surface area contributed by atoms with Gasteiger partial charge in [0.2, 0.25) is 0 Å². The first-order chi connectivity index (χ1) is 7.83. The molecule has 0 saturated carbocycles. The summed E-state index contributed by atoms with van der Waals surface area (Å²) in [7, 11) is -2.92. The molecule has 0 bridgehead atoms. The quantitative estimate of drug-likeness (QED) is 0.759. The first-order valence-electron chi connectivity index (χ1n) is 6.39. The van der Waals surface area contributed by atoms with Crippen molar-refractivity contribution in [1.29, 1.82) is 0 Å². The standard InChI is InChI=1S/C12H23NO3S/c1-10(2)16-9-12-5-4-6-13(12)8-11(7-12)17(3,14)15/h10-11H,4-9H2,1-3H3. The molecule has 2 unspecified atom stereocenters. The Bertz CT molecular complexity index is 379. The van der Waals surface area contributed by atoms with Gasteiger partial charge in [0.25, 0.3) is 0 Å². The number of nitrogens with zero attached hydrogens (tertiary/aromatic N) is 1. The minimum Gasteiger partial charge on any atom is -0.377 e. The number of sulfone groups is 1. The third kappa shape index (κ3) is 2.66. The van der Waals surface area contributed by atoms with Gasteiger partial charge in [-0.15, -0.1) is 0 Å². The zero-order valence-electron chi connectivity index (χ0n) is 11.0. The monoisotopic (exact) mass is 261 g/mol. The highest BCUT2D eigenvalue weighted by atomic mass is 32.2. The lowest BCUT2D eigenvalue weighted by Gasteiger charge is -2.32. The predicted molar refractivity (Wildman–Crippen MR) is 67.9 cm³/mol. The minimum absolute atomic E-state index is 0.00197. The van der Waals surface area contributed by atoms with Crippen LogP contribution in [-0.4, -0.2) is 56.2 Å². The van der Waals surface area contributed by atoms with E-state index < -0.39 is 9.84 Å². The van der Waals surface area contributed by atoms with Crippen LogP contribution in [0.2, 0.25) is 0 Å². The summed E-state index contributed by atoms with van der Waals surface area (Å²) in [6, 6.07) is 0. The lowest BCUT2D eigenvalue weighted by molar-refractivity contribution is 0.00314. The van der Waals surface area contributed by atoms with Crippen LogP contribution in [0.1, 0.15) is 33.1 Å². The lowest BCUT2D eigenvalue weighted by atomic mass is 9.95. The van der Waals surface area contributed by atoms with E-state index in [4.69, 9.17) is 4.74 Å². The highest BCUT2D eigenvalue weighted by molar-refractivity contribution is 7.91. The second-order valence-electron chi connectivity index (χ2n) is 5.79. The summed E-state index contributed by atoms with van der Waals surface area (Å²) in [6.07, 6.45) is 4.56. The fourth-order valence-corrected chi connectivity index (χ4v) is 4.14. The molecule has 2 fully saturated rings. The van der Waals surface area contributed by atoms with Gasteiger partial charge in [-0.05, 0) is 39.7 Å². The first kappa shape index (κ1) is 13.3. The summed E-state index contributed by atoms with van der Waals surface area (Å²) in [6.45, 7) is 6.45. The van der Waals surface area contributed by atoms with Crippen molar-refractivity contribution in [3.05, 3.63) is 0 Å². The van der Waals surface area contributed by atoms with Crippen molar-refractivity contribution >= 4 is 9.84 Å². The predicted octanol–water partition coefficient (Wildman–Crippen LogP) is 1.06. The average Bonchev–Trinajstić information content (AvgIpc) is 2.68. The molecule has 4 nitrogen and oxygen atoms in total. The van der Waals surface area contributed by atoms with E-state index in [1.807, 2.05) is 13.8 Å². The van der Waals surface area contributed by atoms with Gasteiger partial charge in [0.05, 0.1) is 18.0 Å². The molecule has 0 aromatic carbocycles. The first-order valence-corrected chi connectivity index (χ1v) is 8.34. The molecule has 0 spiro atoms. The van der Waals surface area contributed by atoms with Gasteiger partial charge in [0, 0.05) is 18.3 Å². The summed E-state index contributed by atoms with van der Waals surface area (Å²) < 4.78 is 29.1. The Balaban J connectivity index is 2.09. The summed E-state index contributed by atoms with van der Waals surface area (Å²) >= 11 is 0. The maximum atomic E-state index is 11.7. The molecule has 0 aliphatic carbocycles. The van der Waals surface area contributed by atoms with Gasteiger partial charge in [0.1, 0.15) is 0 Å². The Morgan fingerprint density at radius 2 is 2.18 bits per heavy atom. The molecule has 0 aromatic rings. The van der Waals surface area contributed by atoms with Crippen LogP contribution in [0.15, 0.2) is 0 Å². The van der Waals surface area contributed by atoms with Crippen LogP contribution in [0.25, 0.3) is 0 Å². The highest BCUT2D eigenvalue weighted by Crippen LogP contribution is 2.41. The molecule has 2 aliphatic heterocycles. The SMILES string of the molecule is CC(C)OCC12CCCN1CC(S(C)(=O)=O)C2. The molecule has 0 aromatic heterocycles. The van der Waals surface area contributed by atoms with E-state index >= 15 is 0 Å². The maximum Gasteiger partial charge on any atom is 0.151 e. The molecule has 5 heteroatoms. The van der Waals surface area contributed by atoms with E-state index in [0.717, 1.165) is 25.8 Å². The molecule has 0 amide bonds. The molecule has 2 atom stereocenters. The van der Waals surface area contributed by atoms with Crippen molar-refractivity contribution in [3.8, 4) is 0 Å². The van der Waals surface area contributed by atoms with Gasteiger partial charge < -0.3 is 4.74 Å². The zero-order valence-corrected chi connectivity index (χ0v) is 11.8. The van der Waals surface area contributed by atoms with Crippen molar-refractivity contribution < 1.29 is 13.2 Å². The van der Waals surface area contributed by atoms with Crippen molar-refractivity contribution in [2.75, 3.05) is 26.0 Å². The van der Waals surface area contributed by atoms with Gasteiger partial charge in [-0.1, -0.05) is 0 Å². The second-order valence-corrected chi connectivity index (χ2v) is 8.12. The Hall–Kier alpha value is -0.130. The number of ether oxygens (including phenoxy) is 1. The largest absolute Gasteiger partial charge is 0.377 e. The van der Waals surface area contributed by atoms with E-state index in [1.54, 1.807) is 0 Å². The van der Waals surface area contributed by atoms with Crippen LogP contribution < -0.4 is 0 Å². The topological polar surface area (TPSA) is 46.6 Å². The summed E-state index contributed by atoms with van der Waals surface area (Å²) in [5.74, 6) is 0. The zero-order chi connectivity index (χ0) is 12.7. The Morgan fingerprint density at radius 3 is 2.76 bits per heavy atom. The number of rotatable bonds is 4. The summed E-state index contributed by atoms with van der Waals surface area (Å²) in [5, 5.41) is -0.196. The van der Waals surface area contributed by atoms with E-state index in [-0.39, 0.29) is 16.9 Å². The van der Waals surface area contributed by atoms with Crippen molar-refractivity contribution in [2.45, 2.75) is 50.0 Å². The van der Waals surface area contributed by atoms with Crippen LogP contribution in [-0.2, 0) is 14.6 Å². The Kier molecular flexibility index (Phi) is 3.54. The third-order valence-electron chi connectivity index (χ3n) is 4.06. The van der Waals surface area contributed by atoms with Crippen LogP contribution in [0.4, 0.5) is 0 Å². The van der Waals surface area contributed by atoms with E-state index in [0.29, 0.717) is 13.2 Å². The van der Waals surface area contributed by atoms with Crippen molar-refractivity contribution in [2.24, 2.45) is 0 Å². The van der Waals surface area contributed by atoms with E-state index in [2.05, 4.69) is 4.90 Å². The van der Waals surface area contributed by atoms with Gasteiger partial charge in [-0.25, -0.2) is 8.42 Å². The molecule has 0 radical (unpaired) electrons. The van der Waals surface area contributed by atoms with Gasteiger partial charge in [-0.3, -0.25) is 4.90 Å². The summed E-state index contributed by atoms with van der Waals surface area (Å²) in [5.41, 5.74) is -0.00197. The van der Waals surface area contributed by atoms with Crippen LogP contribution in [0.5, 0.6) is 0 Å². The number of hydrogen-bond donors (Lipinski definition) is 0. The number of hydrogen-bond acceptors (Lipinski definition) is 4. The van der Waals surface area contributed by atoms with Crippen molar-refractivity contribution in [3.63, 3.8) is 0 Å². The molecule has 2 aliphatic rings. The van der Waals surface area contributed by atoms with Crippen molar-refractivity contribution in [1.82, 2.24) is 4.90 Å². The van der Waals surface area contributed by atoms with E-state index in [9.17, 15) is 8.42 Å². The Labute approximate surface area is 104 Å².